The highest BCUT2D eigenvalue weighted by Crippen LogP contribution is 2.25. The van der Waals surface area contributed by atoms with Crippen molar-refractivity contribution in [2.75, 3.05) is 45.1 Å². The summed E-state index contributed by atoms with van der Waals surface area (Å²) in [6.45, 7) is 1.59. The minimum Gasteiger partial charge on any atom is -0.347 e. The summed E-state index contributed by atoms with van der Waals surface area (Å²) in [7, 11) is 1.44. The van der Waals surface area contributed by atoms with E-state index in [4.69, 9.17) is 0 Å². The first-order valence-electron chi connectivity index (χ1n) is 8.74. The lowest BCUT2D eigenvalue weighted by molar-refractivity contribution is -0.181. The topological polar surface area (TPSA) is 60.0 Å². The fraction of sp³-hybridized carbons (Fsp3) is 0.529. The van der Waals surface area contributed by atoms with Crippen LogP contribution in [0.1, 0.15) is 6.92 Å². The van der Waals surface area contributed by atoms with Crippen molar-refractivity contribution in [1.82, 2.24) is 15.1 Å². The van der Waals surface area contributed by atoms with Crippen LogP contribution in [0, 0.1) is 17.5 Å². The first-order chi connectivity index (χ1) is 13.5. The number of aliphatic imine (C=N–C) groups is 1. The zero-order valence-corrected chi connectivity index (χ0v) is 18.5. The number of guanidine groups is 1. The van der Waals surface area contributed by atoms with E-state index in [-0.39, 0.29) is 62.7 Å². The zero-order valence-electron chi connectivity index (χ0n) is 16.2. The summed E-state index contributed by atoms with van der Waals surface area (Å²) in [6, 6.07) is 0.0138. The Balaban J connectivity index is 0.00000450. The summed E-state index contributed by atoms with van der Waals surface area (Å²) in [5, 5.41) is 4.82. The molecule has 1 aliphatic rings. The molecule has 1 fully saturated rings. The second kappa shape index (κ2) is 11.0. The summed E-state index contributed by atoms with van der Waals surface area (Å²) in [5.74, 6) is -5.04. The number of benzene rings is 1. The van der Waals surface area contributed by atoms with Crippen LogP contribution in [0.2, 0.25) is 0 Å². The summed E-state index contributed by atoms with van der Waals surface area (Å²) in [6.07, 6.45) is -4.31. The summed E-state index contributed by atoms with van der Waals surface area (Å²) >= 11 is 0. The molecule has 6 nitrogen and oxygen atoms in total. The molecule has 1 heterocycles. The molecule has 1 unspecified atom stereocenters. The largest absolute Gasteiger partial charge is 0.403 e. The lowest BCUT2D eigenvalue weighted by Crippen LogP contribution is -2.57. The summed E-state index contributed by atoms with van der Waals surface area (Å²) < 4.78 is 78.2. The normalized spacial score (nSPS) is 16.7. The Morgan fingerprint density at radius 2 is 1.73 bits per heavy atom. The van der Waals surface area contributed by atoms with Crippen LogP contribution in [-0.4, -0.2) is 73.7 Å². The molecule has 1 saturated heterocycles. The van der Waals surface area contributed by atoms with Crippen molar-refractivity contribution in [2.24, 2.45) is 4.99 Å². The Kier molecular flexibility index (Phi) is 9.65. The van der Waals surface area contributed by atoms with E-state index in [1.807, 2.05) is 0 Å². The van der Waals surface area contributed by atoms with Crippen molar-refractivity contribution in [1.29, 1.82) is 0 Å². The SMILES string of the molecule is CN=C(NCC(=O)Nc1ccc(F)c(F)c1F)N1CCN(C(C)C(F)(F)F)CC1.I. The number of nitrogens with zero attached hydrogens (tertiary/aromatic N) is 3. The van der Waals surface area contributed by atoms with E-state index in [1.165, 1.54) is 11.9 Å². The van der Waals surface area contributed by atoms with Crippen molar-refractivity contribution < 1.29 is 31.1 Å². The fourth-order valence-electron chi connectivity index (χ4n) is 2.84. The van der Waals surface area contributed by atoms with Gasteiger partial charge in [0.1, 0.15) is 6.04 Å². The van der Waals surface area contributed by atoms with Gasteiger partial charge in [-0.05, 0) is 19.1 Å². The van der Waals surface area contributed by atoms with Crippen molar-refractivity contribution >= 4 is 41.5 Å². The quantitative estimate of drug-likeness (QED) is 0.198. The van der Waals surface area contributed by atoms with Crippen LogP contribution in [0.4, 0.5) is 32.0 Å². The number of halogens is 7. The standard InChI is InChI=1S/C17H21F6N5O.HI/c1-10(17(21,22)23)27-5-7-28(8-6-27)16(24-2)25-9-13(29)26-12-4-3-11(18)14(19)15(12)20;/h3-4,10H,5-9H2,1-2H3,(H,24,25)(H,26,29);1H. The lowest BCUT2D eigenvalue weighted by atomic mass is 10.2. The van der Waals surface area contributed by atoms with Gasteiger partial charge in [-0.1, -0.05) is 0 Å². The molecule has 0 aromatic heterocycles. The lowest BCUT2D eigenvalue weighted by Gasteiger charge is -2.39. The molecule has 1 aliphatic heterocycles. The number of alkyl halides is 3. The Hall–Kier alpha value is -1.77. The molecule has 2 N–H and O–H groups in total. The minimum atomic E-state index is -4.31. The van der Waals surface area contributed by atoms with E-state index in [9.17, 15) is 31.1 Å². The molecular formula is C17H22F6IN5O. The Bertz CT molecular complexity index is 768. The van der Waals surface area contributed by atoms with Crippen LogP contribution < -0.4 is 10.6 Å². The van der Waals surface area contributed by atoms with Gasteiger partial charge in [-0.15, -0.1) is 24.0 Å². The third kappa shape index (κ3) is 6.62. The second-order valence-electron chi connectivity index (χ2n) is 6.41. The van der Waals surface area contributed by atoms with Crippen LogP contribution in [-0.2, 0) is 4.79 Å². The van der Waals surface area contributed by atoms with Crippen LogP contribution in [0.3, 0.4) is 0 Å². The minimum absolute atomic E-state index is 0. The summed E-state index contributed by atoms with van der Waals surface area (Å²) in [4.78, 5) is 18.9. The van der Waals surface area contributed by atoms with Gasteiger partial charge in [0.15, 0.2) is 23.4 Å². The van der Waals surface area contributed by atoms with E-state index in [2.05, 4.69) is 15.6 Å². The van der Waals surface area contributed by atoms with Crippen molar-refractivity contribution in [3.05, 3.63) is 29.6 Å². The molecule has 0 saturated carbocycles. The van der Waals surface area contributed by atoms with E-state index in [1.54, 1.807) is 4.90 Å². The monoisotopic (exact) mass is 553 g/mol. The number of nitrogens with one attached hydrogen (secondary N) is 2. The van der Waals surface area contributed by atoms with Gasteiger partial charge in [0, 0.05) is 33.2 Å². The smallest absolute Gasteiger partial charge is 0.347 e. The van der Waals surface area contributed by atoms with E-state index < -0.39 is 41.3 Å². The number of hydrogen-bond donors (Lipinski definition) is 2. The zero-order chi connectivity index (χ0) is 21.8. The Morgan fingerprint density at radius 3 is 2.27 bits per heavy atom. The number of anilines is 1. The molecule has 13 heteroatoms. The van der Waals surface area contributed by atoms with E-state index >= 15 is 0 Å². The third-order valence-corrected chi connectivity index (χ3v) is 4.56. The molecule has 0 aliphatic carbocycles. The third-order valence-electron chi connectivity index (χ3n) is 4.56. The highest BCUT2D eigenvalue weighted by Gasteiger charge is 2.41. The number of amides is 1. The Labute approximate surface area is 186 Å². The molecular weight excluding hydrogens is 531 g/mol. The molecule has 30 heavy (non-hydrogen) atoms. The van der Waals surface area contributed by atoms with Gasteiger partial charge in [-0.25, -0.2) is 13.2 Å². The Morgan fingerprint density at radius 1 is 1.13 bits per heavy atom. The van der Waals surface area contributed by atoms with Crippen molar-refractivity contribution in [3.63, 3.8) is 0 Å². The van der Waals surface area contributed by atoms with Gasteiger partial charge in [-0.3, -0.25) is 14.7 Å². The van der Waals surface area contributed by atoms with Crippen LogP contribution in [0.5, 0.6) is 0 Å². The summed E-state index contributed by atoms with van der Waals surface area (Å²) in [5.41, 5.74) is -0.513. The van der Waals surface area contributed by atoms with Gasteiger partial charge >= 0.3 is 6.18 Å². The molecule has 170 valence electrons. The van der Waals surface area contributed by atoms with Crippen molar-refractivity contribution in [3.8, 4) is 0 Å². The number of piperazine rings is 1. The predicted octanol–water partition coefficient (Wildman–Crippen LogP) is 2.80. The molecule has 0 radical (unpaired) electrons. The second-order valence-corrected chi connectivity index (χ2v) is 6.41. The maximum Gasteiger partial charge on any atom is 0.403 e. The molecule has 2 rings (SSSR count). The molecule has 1 aromatic carbocycles. The van der Waals surface area contributed by atoms with E-state index in [0.717, 1.165) is 13.0 Å². The van der Waals surface area contributed by atoms with Crippen molar-refractivity contribution in [2.45, 2.75) is 19.1 Å². The van der Waals surface area contributed by atoms with Gasteiger partial charge < -0.3 is 15.5 Å². The molecule has 1 aromatic rings. The first-order valence-corrected chi connectivity index (χ1v) is 8.74. The maximum absolute atomic E-state index is 13.6. The number of rotatable bonds is 4. The molecule has 1 amide bonds. The van der Waals surface area contributed by atoms with Gasteiger partial charge in [0.05, 0.1) is 12.2 Å². The fourth-order valence-corrected chi connectivity index (χ4v) is 2.84. The van der Waals surface area contributed by atoms with E-state index in [0.29, 0.717) is 6.07 Å². The van der Waals surface area contributed by atoms with Gasteiger partial charge in [-0.2, -0.15) is 13.2 Å². The molecule has 1 atom stereocenters. The van der Waals surface area contributed by atoms with Crippen LogP contribution in [0.15, 0.2) is 17.1 Å². The maximum atomic E-state index is 13.6. The average Bonchev–Trinajstić information content (AvgIpc) is 2.68. The number of carbonyl (C=O) groups is 1. The van der Waals surface area contributed by atoms with Crippen LogP contribution >= 0.6 is 24.0 Å². The molecule has 0 spiro atoms. The van der Waals surface area contributed by atoms with Gasteiger partial charge in [0.2, 0.25) is 5.91 Å². The highest BCUT2D eigenvalue weighted by molar-refractivity contribution is 14.0. The molecule has 0 bridgehead atoms. The predicted molar refractivity (Wildman–Crippen MR) is 110 cm³/mol. The number of hydrogen-bond acceptors (Lipinski definition) is 3. The first kappa shape index (κ1) is 26.3. The average molecular weight is 553 g/mol. The highest BCUT2D eigenvalue weighted by atomic mass is 127. The number of carbonyl (C=O) groups excluding carboxylic acids is 1. The van der Waals surface area contributed by atoms with Gasteiger partial charge in [0.25, 0.3) is 0 Å². The van der Waals surface area contributed by atoms with Crippen LogP contribution in [0.25, 0.3) is 0 Å².